The minimum atomic E-state index is -0.312. The maximum atomic E-state index is 10.7. The second-order valence-corrected chi connectivity index (χ2v) is 3.87. The summed E-state index contributed by atoms with van der Waals surface area (Å²) in [4.78, 5) is 22.7. The highest BCUT2D eigenvalue weighted by molar-refractivity contribution is 5.86. The molecule has 0 aromatic carbocycles. The summed E-state index contributed by atoms with van der Waals surface area (Å²) in [5.41, 5.74) is 0.451. The molecular weight excluding hydrogens is 244 g/mol. The second kappa shape index (κ2) is 12.8. The monoisotopic (exact) mass is 270 g/mol. The fourth-order valence-electron chi connectivity index (χ4n) is 1.12. The van der Waals surface area contributed by atoms with Gasteiger partial charge in [0.2, 0.25) is 5.91 Å². The smallest absolute Gasteiger partial charge is 0.333 e. The van der Waals surface area contributed by atoms with E-state index < -0.39 is 0 Å². The molecule has 0 unspecified atom stereocenters. The van der Waals surface area contributed by atoms with E-state index in [0.717, 1.165) is 13.0 Å². The number of nitrogens with one attached hydrogen (secondary N) is 1. The lowest BCUT2D eigenvalue weighted by atomic mass is 10.4. The third-order valence-electron chi connectivity index (χ3n) is 1.95. The van der Waals surface area contributed by atoms with Crippen LogP contribution in [0.15, 0.2) is 24.9 Å². The van der Waals surface area contributed by atoms with E-state index in [1.165, 1.54) is 0 Å². The normalized spacial score (nSPS) is 12.6. The SMILES string of the molecule is C=C(C)C(=O)OCC.C=CN1CCCC1=O.CNC. The van der Waals surface area contributed by atoms with E-state index in [1.807, 2.05) is 14.1 Å². The molecule has 1 fully saturated rings. The number of rotatable bonds is 3. The maximum Gasteiger partial charge on any atom is 0.333 e. The van der Waals surface area contributed by atoms with Crippen molar-refractivity contribution in [2.24, 2.45) is 0 Å². The van der Waals surface area contributed by atoms with E-state index in [4.69, 9.17) is 0 Å². The Labute approximate surface area is 116 Å². The highest BCUT2D eigenvalue weighted by atomic mass is 16.5. The molecule has 0 radical (unpaired) electrons. The van der Waals surface area contributed by atoms with E-state index in [9.17, 15) is 9.59 Å². The van der Waals surface area contributed by atoms with Crippen molar-refractivity contribution in [2.75, 3.05) is 27.2 Å². The number of hydrogen-bond acceptors (Lipinski definition) is 4. The Hall–Kier alpha value is -1.62. The van der Waals surface area contributed by atoms with Crippen LogP contribution in [0.25, 0.3) is 0 Å². The first-order chi connectivity index (χ1) is 8.94. The van der Waals surface area contributed by atoms with E-state index in [2.05, 4.69) is 23.2 Å². The Morgan fingerprint density at radius 1 is 1.53 bits per heavy atom. The van der Waals surface area contributed by atoms with E-state index >= 15 is 0 Å². The van der Waals surface area contributed by atoms with Gasteiger partial charge in [-0.15, -0.1) is 0 Å². The molecule has 1 aliphatic heterocycles. The van der Waals surface area contributed by atoms with Crippen molar-refractivity contribution in [1.82, 2.24) is 10.2 Å². The van der Waals surface area contributed by atoms with Crippen LogP contribution < -0.4 is 5.32 Å². The average Bonchev–Trinajstić information content (AvgIpc) is 2.76. The van der Waals surface area contributed by atoms with Crippen molar-refractivity contribution in [3.63, 3.8) is 0 Å². The summed E-state index contributed by atoms with van der Waals surface area (Å²) in [5, 5.41) is 2.75. The summed E-state index contributed by atoms with van der Waals surface area (Å²) in [6.45, 7) is 11.6. The largest absolute Gasteiger partial charge is 0.463 e. The summed E-state index contributed by atoms with van der Waals surface area (Å²) in [7, 11) is 3.75. The van der Waals surface area contributed by atoms with Crippen molar-refractivity contribution in [1.29, 1.82) is 0 Å². The van der Waals surface area contributed by atoms with Crippen LogP contribution in [0.5, 0.6) is 0 Å². The lowest BCUT2D eigenvalue weighted by Gasteiger charge is -2.05. The van der Waals surface area contributed by atoms with Crippen LogP contribution in [-0.2, 0) is 14.3 Å². The van der Waals surface area contributed by atoms with Gasteiger partial charge < -0.3 is 15.0 Å². The standard InChI is InChI=1S/C6H9NO.C6H10O2.C2H7N/c1-2-7-5-3-4-6(7)8;1-4-8-6(7)5(2)3;1-3-2/h2H,1,3-5H2;2,4H2,1,3H3;3H,1-2H3. The van der Waals surface area contributed by atoms with Gasteiger partial charge in [-0.25, -0.2) is 4.79 Å². The van der Waals surface area contributed by atoms with Gasteiger partial charge in [0.15, 0.2) is 0 Å². The molecule has 1 rings (SSSR count). The molecule has 0 spiro atoms. The number of carbonyl (C=O) groups is 2. The van der Waals surface area contributed by atoms with E-state index in [-0.39, 0.29) is 11.9 Å². The lowest BCUT2D eigenvalue weighted by Crippen LogP contribution is -2.16. The Kier molecular flexibility index (Phi) is 13.3. The molecule has 0 atom stereocenters. The van der Waals surface area contributed by atoms with Crippen LogP contribution in [0.1, 0.15) is 26.7 Å². The number of hydrogen-bond donors (Lipinski definition) is 1. The van der Waals surface area contributed by atoms with Crippen LogP contribution in [0, 0.1) is 0 Å². The molecule has 5 nitrogen and oxygen atoms in total. The van der Waals surface area contributed by atoms with Gasteiger partial charge in [0.1, 0.15) is 0 Å². The highest BCUT2D eigenvalue weighted by Crippen LogP contribution is 2.08. The molecule has 19 heavy (non-hydrogen) atoms. The number of esters is 1. The van der Waals surface area contributed by atoms with E-state index in [1.54, 1.807) is 24.9 Å². The minimum absolute atomic E-state index is 0.208. The van der Waals surface area contributed by atoms with Gasteiger partial charge in [-0.3, -0.25) is 4.79 Å². The van der Waals surface area contributed by atoms with Crippen molar-refractivity contribution in [3.05, 3.63) is 24.9 Å². The summed E-state index contributed by atoms with van der Waals surface area (Å²) >= 11 is 0. The molecule has 1 aliphatic rings. The minimum Gasteiger partial charge on any atom is -0.463 e. The number of amides is 1. The zero-order chi connectivity index (χ0) is 15.3. The third-order valence-corrected chi connectivity index (χ3v) is 1.95. The Morgan fingerprint density at radius 3 is 2.21 bits per heavy atom. The quantitative estimate of drug-likeness (QED) is 0.626. The van der Waals surface area contributed by atoms with Crippen LogP contribution in [0.2, 0.25) is 0 Å². The number of carbonyl (C=O) groups excluding carboxylic acids is 2. The summed E-state index contributed by atoms with van der Waals surface area (Å²) in [6.07, 6.45) is 3.28. The zero-order valence-corrected chi connectivity index (χ0v) is 12.5. The number of ether oxygens (including phenoxy) is 1. The molecule has 1 amide bonds. The van der Waals surface area contributed by atoms with Gasteiger partial charge in [0.25, 0.3) is 0 Å². The molecule has 0 aromatic rings. The van der Waals surface area contributed by atoms with Crippen LogP contribution in [-0.4, -0.2) is 44.0 Å². The Bertz CT molecular complexity index is 301. The van der Waals surface area contributed by atoms with Gasteiger partial charge in [0.05, 0.1) is 6.61 Å². The van der Waals surface area contributed by atoms with Crippen molar-refractivity contribution in [2.45, 2.75) is 26.7 Å². The predicted molar refractivity (Wildman–Crippen MR) is 77.6 cm³/mol. The average molecular weight is 270 g/mol. The molecule has 1 N–H and O–H groups in total. The lowest BCUT2D eigenvalue weighted by molar-refractivity contribution is -0.138. The fourth-order valence-corrected chi connectivity index (χ4v) is 1.12. The van der Waals surface area contributed by atoms with Crippen molar-refractivity contribution < 1.29 is 14.3 Å². The fraction of sp³-hybridized carbons (Fsp3) is 0.571. The van der Waals surface area contributed by atoms with Crippen LogP contribution >= 0.6 is 0 Å². The maximum absolute atomic E-state index is 10.7. The second-order valence-electron chi connectivity index (χ2n) is 3.87. The number of likely N-dealkylation sites (tertiary alicyclic amines) is 1. The molecule has 110 valence electrons. The topological polar surface area (TPSA) is 58.6 Å². The molecule has 5 heteroatoms. The van der Waals surface area contributed by atoms with Gasteiger partial charge >= 0.3 is 5.97 Å². The zero-order valence-electron chi connectivity index (χ0n) is 12.5. The first-order valence-electron chi connectivity index (χ1n) is 6.27. The summed E-state index contributed by atoms with van der Waals surface area (Å²) < 4.78 is 4.56. The summed E-state index contributed by atoms with van der Waals surface area (Å²) in [5.74, 6) is -0.104. The van der Waals surface area contributed by atoms with Crippen LogP contribution in [0.4, 0.5) is 0 Å². The third kappa shape index (κ3) is 11.2. The first-order valence-corrected chi connectivity index (χ1v) is 6.27. The molecule has 1 saturated heterocycles. The van der Waals surface area contributed by atoms with Gasteiger partial charge in [0, 0.05) is 18.5 Å². The van der Waals surface area contributed by atoms with Crippen LogP contribution in [0.3, 0.4) is 0 Å². The molecule has 0 aromatic heterocycles. The van der Waals surface area contributed by atoms with E-state index in [0.29, 0.717) is 18.6 Å². The first kappa shape index (κ1) is 19.7. The van der Waals surface area contributed by atoms with Crippen molar-refractivity contribution >= 4 is 11.9 Å². The van der Waals surface area contributed by atoms with Gasteiger partial charge in [-0.2, -0.15) is 0 Å². The molecule has 0 aliphatic carbocycles. The Balaban J connectivity index is 0. The summed E-state index contributed by atoms with van der Waals surface area (Å²) in [6, 6.07) is 0. The molecule has 0 saturated carbocycles. The molecular formula is C14H26N2O3. The number of nitrogens with zero attached hydrogens (tertiary/aromatic N) is 1. The molecule has 0 bridgehead atoms. The highest BCUT2D eigenvalue weighted by Gasteiger charge is 2.15. The predicted octanol–water partition coefficient (Wildman–Crippen LogP) is 1.71. The molecule has 1 heterocycles. The van der Waals surface area contributed by atoms with Gasteiger partial charge in [-0.1, -0.05) is 13.2 Å². The van der Waals surface area contributed by atoms with Gasteiger partial charge in [-0.05, 0) is 40.6 Å². The Morgan fingerprint density at radius 2 is 2.05 bits per heavy atom. The van der Waals surface area contributed by atoms with Crippen molar-refractivity contribution in [3.8, 4) is 0 Å².